The fourth-order valence-corrected chi connectivity index (χ4v) is 11.1. The lowest BCUT2D eigenvalue weighted by molar-refractivity contribution is -0.136. The van der Waals surface area contributed by atoms with Crippen molar-refractivity contribution >= 4 is 79.8 Å². The lowest BCUT2D eigenvalue weighted by Crippen LogP contribution is -2.54. The van der Waals surface area contributed by atoms with Gasteiger partial charge in [-0.25, -0.2) is 13.4 Å². The fraction of sp³-hybridized carbons (Fsp3) is 0.491. The van der Waals surface area contributed by atoms with Crippen LogP contribution in [-0.4, -0.2) is 154 Å². The molecule has 4 aromatic rings. The summed E-state index contributed by atoms with van der Waals surface area (Å²) in [5.74, 6) is -1.61. The Labute approximate surface area is 461 Å². The molecule has 0 saturated carbocycles. The first kappa shape index (κ1) is 59.5. The zero-order chi connectivity index (χ0) is 56.5. The number of fused-ring (bicyclic) bond motifs is 1. The van der Waals surface area contributed by atoms with E-state index in [1.165, 1.54) is 18.2 Å². The van der Waals surface area contributed by atoms with Crippen molar-refractivity contribution in [1.29, 1.82) is 0 Å². The molecule has 3 N–H and O–H groups in total. The van der Waals surface area contributed by atoms with Gasteiger partial charge >= 0.3 is 0 Å². The number of nitrogens with one attached hydrogen (secondary N) is 3. The average molecular weight is 1110 g/mol. The van der Waals surface area contributed by atoms with Crippen LogP contribution in [0.15, 0.2) is 77.8 Å². The van der Waals surface area contributed by atoms with Gasteiger partial charge < -0.3 is 39.4 Å². The van der Waals surface area contributed by atoms with Gasteiger partial charge in [-0.3, -0.25) is 43.8 Å². The zero-order valence-electron chi connectivity index (χ0n) is 45.5. The number of hydrogen-bond acceptors (Lipinski definition) is 18. The predicted octanol–water partition coefficient (Wildman–Crippen LogP) is 6.53. The van der Waals surface area contributed by atoms with E-state index in [4.69, 9.17) is 18.9 Å². The number of piperazine rings is 1. The Hall–Kier alpha value is -7.14. The van der Waals surface area contributed by atoms with Gasteiger partial charge in [0.2, 0.25) is 23.7 Å². The topological polar surface area (TPSA) is 262 Å². The number of imide groups is 2. The molecule has 22 heteroatoms. The Kier molecular flexibility index (Phi) is 21.2. The van der Waals surface area contributed by atoms with Crippen LogP contribution in [-0.2, 0) is 48.0 Å². The number of anilines is 5. The highest BCUT2D eigenvalue weighted by atomic mass is 32.2. The fourth-order valence-electron chi connectivity index (χ4n) is 9.24. The van der Waals surface area contributed by atoms with Gasteiger partial charge in [0.15, 0.2) is 15.6 Å². The molecule has 1 atom stereocenters. The molecule has 0 spiro atoms. The molecule has 7 rings (SSSR count). The standard InChI is InChI=1S/C57H72N8O13S/c1-39-36-58-56(62-52(39)59-41-11-9-14-45(35-41)79(73,74)38-57(2,3)4)60-40-17-19-42(20-18-40)63-25-27-64(28-26-63)50(69)24-21-43(66)12-5-7-29-75-31-33-77-34-32-76-30-8-6-13-44(67)37-78-48-16-10-15-46-51(48)55(72)65(54(46)71)47-22-23-49(68)61-53(47)70/h9-11,14-20,35-36,47H,5-8,12-13,21-34,37-38H2,1-4H3,(H,61,68,70)(H2,58,59,60,62). The van der Waals surface area contributed by atoms with Crippen LogP contribution in [0, 0.1) is 12.3 Å². The average Bonchev–Trinajstić information content (AvgIpc) is 3.96. The maximum Gasteiger partial charge on any atom is 0.266 e. The summed E-state index contributed by atoms with van der Waals surface area (Å²) in [6.07, 6.45) is 5.41. The quantitative estimate of drug-likeness (QED) is 0.0370. The smallest absolute Gasteiger partial charge is 0.266 e. The molecule has 2 fully saturated rings. The van der Waals surface area contributed by atoms with Crippen molar-refractivity contribution in [2.24, 2.45) is 5.41 Å². The predicted molar refractivity (Wildman–Crippen MR) is 295 cm³/mol. The summed E-state index contributed by atoms with van der Waals surface area (Å²) < 4.78 is 48.5. The van der Waals surface area contributed by atoms with Crippen molar-refractivity contribution in [3.63, 3.8) is 0 Å². The van der Waals surface area contributed by atoms with Crippen LogP contribution in [0.25, 0.3) is 0 Å². The van der Waals surface area contributed by atoms with Crippen molar-refractivity contribution in [1.82, 2.24) is 25.1 Å². The Bertz CT molecular complexity index is 2940. The molecule has 0 radical (unpaired) electrons. The number of ketones is 2. The van der Waals surface area contributed by atoms with E-state index in [0.29, 0.717) is 109 Å². The number of ether oxygens (including phenoxy) is 4. The number of nitrogens with zero attached hydrogens (tertiary/aromatic N) is 5. The second-order valence-electron chi connectivity index (χ2n) is 21.0. The number of carbonyl (C=O) groups is 7. The van der Waals surface area contributed by atoms with Gasteiger partial charge in [0, 0.05) is 100 Å². The number of hydrogen-bond donors (Lipinski definition) is 3. The second kappa shape index (κ2) is 28.1. The molecule has 79 heavy (non-hydrogen) atoms. The van der Waals surface area contributed by atoms with Crippen molar-refractivity contribution < 1.29 is 60.9 Å². The molecule has 1 unspecified atom stereocenters. The minimum atomic E-state index is -3.47. The molecule has 3 aromatic carbocycles. The number of amides is 5. The minimum absolute atomic E-state index is 0.00371. The first-order valence-electron chi connectivity index (χ1n) is 26.9. The van der Waals surface area contributed by atoms with Gasteiger partial charge in [0.05, 0.1) is 48.2 Å². The maximum atomic E-state index is 13.2. The first-order valence-corrected chi connectivity index (χ1v) is 28.6. The molecule has 424 valence electrons. The summed E-state index contributed by atoms with van der Waals surface area (Å²) >= 11 is 0. The van der Waals surface area contributed by atoms with Gasteiger partial charge in [-0.05, 0) is 99.0 Å². The summed E-state index contributed by atoms with van der Waals surface area (Å²) in [5, 5.41) is 8.67. The molecule has 1 aromatic heterocycles. The number of benzene rings is 3. The highest BCUT2D eigenvalue weighted by molar-refractivity contribution is 7.91. The summed E-state index contributed by atoms with van der Waals surface area (Å²) in [4.78, 5) is 103. The Balaban J connectivity index is 0.670. The molecule has 4 heterocycles. The van der Waals surface area contributed by atoms with Crippen LogP contribution < -0.4 is 25.6 Å². The number of rotatable bonds is 30. The third-order valence-corrected chi connectivity index (χ3v) is 15.6. The van der Waals surface area contributed by atoms with Crippen molar-refractivity contribution in [2.75, 3.05) is 93.7 Å². The molecule has 3 aliphatic heterocycles. The van der Waals surface area contributed by atoms with E-state index in [-0.39, 0.29) is 89.1 Å². The Morgan fingerprint density at radius 2 is 1.39 bits per heavy atom. The SMILES string of the molecule is Cc1cnc(Nc2ccc(N3CCN(C(=O)CCC(=O)CCCCOCCOCCOCCCCC(=O)COc4cccc5c4C(=O)N(C4CCC(=O)NC4=O)C5=O)CC3)cc2)nc1Nc1cccc(S(=O)(=O)CC(C)(C)C)c1. The highest BCUT2D eigenvalue weighted by Gasteiger charge is 2.46. The van der Waals surface area contributed by atoms with Crippen LogP contribution in [0.2, 0.25) is 0 Å². The number of unbranched alkanes of at least 4 members (excludes halogenated alkanes) is 2. The maximum absolute atomic E-state index is 13.2. The van der Waals surface area contributed by atoms with E-state index < -0.39 is 39.5 Å². The van der Waals surface area contributed by atoms with Gasteiger partial charge in [0.25, 0.3) is 11.8 Å². The number of Topliss-reactive ketones (excluding diaryl/α,β-unsaturated/α-hetero) is 2. The van der Waals surface area contributed by atoms with Gasteiger partial charge in [-0.2, -0.15) is 4.98 Å². The molecule has 0 bridgehead atoms. The molecule has 0 aliphatic carbocycles. The van der Waals surface area contributed by atoms with E-state index in [2.05, 4.69) is 30.8 Å². The lowest BCUT2D eigenvalue weighted by atomic mass is 10.0. The third-order valence-electron chi connectivity index (χ3n) is 13.3. The van der Waals surface area contributed by atoms with Crippen LogP contribution in [0.5, 0.6) is 5.75 Å². The summed E-state index contributed by atoms with van der Waals surface area (Å²) in [6.45, 7) is 12.3. The van der Waals surface area contributed by atoms with Crippen LogP contribution >= 0.6 is 0 Å². The largest absolute Gasteiger partial charge is 0.485 e. The van der Waals surface area contributed by atoms with Crippen LogP contribution in [0.1, 0.15) is 111 Å². The number of aryl methyl sites for hydroxylation is 1. The highest BCUT2D eigenvalue weighted by Crippen LogP contribution is 2.34. The Morgan fingerprint density at radius 3 is 2.06 bits per heavy atom. The summed E-state index contributed by atoms with van der Waals surface area (Å²) in [7, 11) is -3.47. The number of carbonyl (C=O) groups excluding carboxylic acids is 7. The summed E-state index contributed by atoms with van der Waals surface area (Å²) in [5.41, 5.74) is 2.90. The Morgan fingerprint density at radius 1 is 0.734 bits per heavy atom. The van der Waals surface area contributed by atoms with Crippen LogP contribution in [0.4, 0.5) is 28.8 Å². The molecule has 2 saturated heterocycles. The monoisotopic (exact) mass is 1110 g/mol. The lowest BCUT2D eigenvalue weighted by Gasteiger charge is -2.36. The van der Waals surface area contributed by atoms with Crippen molar-refractivity contribution in [3.8, 4) is 5.75 Å². The minimum Gasteiger partial charge on any atom is -0.485 e. The molecular weight excluding hydrogens is 1040 g/mol. The third kappa shape index (κ3) is 17.4. The van der Waals surface area contributed by atoms with Crippen molar-refractivity contribution in [2.45, 2.75) is 103 Å². The van der Waals surface area contributed by atoms with E-state index in [1.807, 2.05) is 56.9 Å². The van der Waals surface area contributed by atoms with Gasteiger partial charge in [-0.15, -0.1) is 0 Å². The van der Waals surface area contributed by atoms with Gasteiger partial charge in [0.1, 0.15) is 30.0 Å². The summed E-state index contributed by atoms with van der Waals surface area (Å²) in [6, 6.07) is 18.1. The molecular formula is C57H72N8O13S. The van der Waals surface area contributed by atoms with E-state index in [1.54, 1.807) is 30.5 Å². The van der Waals surface area contributed by atoms with Gasteiger partial charge in [-0.1, -0.05) is 32.9 Å². The number of sulfone groups is 1. The normalized spacial score (nSPS) is 15.7. The number of piperidine rings is 1. The van der Waals surface area contributed by atoms with Crippen molar-refractivity contribution in [3.05, 3.63) is 89.6 Å². The number of aromatic nitrogens is 2. The molecule has 3 aliphatic rings. The molecule has 5 amide bonds. The van der Waals surface area contributed by atoms with E-state index >= 15 is 0 Å². The first-order chi connectivity index (χ1) is 37.8. The molecule has 21 nitrogen and oxygen atoms in total. The van der Waals surface area contributed by atoms with E-state index in [0.717, 1.165) is 28.3 Å². The zero-order valence-corrected chi connectivity index (χ0v) is 46.3. The second-order valence-corrected chi connectivity index (χ2v) is 23.0. The van der Waals surface area contributed by atoms with Crippen LogP contribution in [0.3, 0.4) is 0 Å². The van der Waals surface area contributed by atoms with E-state index in [9.17, 15) is 42.0 Å².